The van der Waals surface area contributed by atoms with Crippen molar-refractivity contribution in [1.29, 1.82) is 5.26 Å². The topological polar surface area (TPSA) is 56.0 Å². The highest BCUT2D eigenvalue weighted by Gasteiger charge is 1.99. The lowest BCUT2D eigenvalue weighted by atomic mass is 10.1. The van der Waals surface area contributed by atoms with Crippen LogP contribution in [-0.4, -0.2) is 18.3 Å². The van der Waals surface area contributed by atoms with Crippen molar-refractivity contribution in [2.24, 2.45) is 0 Å². The molecule has 1 aromatic rings. The second-order valence-electron chi connectivity index (χ2n) is 3.51. The molecule has 1 aromatic carbocycles. The molecular formula is C12H16N2O. The van der Waals surface area contributed by atoms with Gasteiger partial charge in [0.25, 0.3) is 0 Å². The highest BCUT2D eigenvalue weighted by Crippen LogP contribution is 2.10. The molecule has 0 saturated carbocycles. The van der Waals surface area contributed by atoms with Gasteiger partial charge in [-0.3, -0.25) is 0 Å². The van der Waals surface area contributed by atoms with E-state index in [0.717, 1.165) is 25.1 Å². The molecule has 80 valence electrons. The van der Waals surface area contributed by atoms with Gasteiger partial charge in [0.2, 0.25) is 0 Å². The first-order chi connectivity index (χ1) is 7.27. The third kappa shape index (κ3) is 3.70. The molecule has 0 heterocycles. The van der Waals surface area contributed by atoms with Crippen LogP contribution in [-0.2, 0) is 6.54 Å². The van der Waals surface area contributed by atoms with E-state index in [1.165, 1.54) is 5.56 Å². The predicted octanol–water partition coefficient (Wildman–Crippen LogP) is 1.34. The smallest absolute Gasteiger partial charge is 0.0991 e. The first kappa shape index (κ1) is 11.7. The largest absolute Gasteiger partial charge is 0.396 e. The van der Waals surface area contributed by atoms with E-state index in [9.17, 15) is 0 Å². The van der Waals surface area contributed by atoms with E-state index < -0.39 is 0 Å². The Morgan fingerprint density at radius 1 is 1.47 bits per heavy atom. The van der Waals surface area contributed by atoms with Crippen LogP contribution < -0.4 is 5.32 Å². The first-order valence-electron chi connectivity index (χ1n) is 5.09. The second-order valence-corrected chi connectivity index (χ2v) is 3.51. The second kappa shape index (κ2) is 6.18. The average Bonchev–Trinajstić information content (AvgIpc) is 2.26. The molecule has 0 bridgehead atoms. The van der Waals surface area contributed by atoms with Gasteiger partial charge in [0.15, 0.2) is 0 Å². The Morgan fingerprint density at radius 2 is 2.27 bits per heavy atom. The molecule has 0 unspecified atom stereocenters. The number of aliphatic hydroxyl groups excluding tert-OH is 1. The maximum Gasteiger partial charge on any atom is 0.0991 e. The Bertz CT molecular complexity index is 355. The zero-order valence-electron chi connectivity index (χ0n) is 8.95. The maximum absolute atomic E-state index is 8.71. The molecule has 0 aliphatic carbocycles. The quantitative estimate of drug-likeness (QED) is 0.712. The number of benzene rings is 1. The Hall–Kier alpha value is -1.37. The molecule has 2 N–H and O–H groups in total. The summed E-state index contributed by atoms with van der Waals surface area (Å²) in [6.07, 6.45) is 0.773. The molecule has 0 aliphatic heterocycles. The van der Waals surface area contributed by atoms with Crippen LogP contribution in [0.25, 0.3) is 0 Å². The SMILES string of the molecule is Cc1cc(C#N)ccc1CNCCCO. The van der Waals surface area contributed by atoms with Crippen molar-refractivity contribution in [3.8, 4) is 6.07 Å². The van der Waals surface area contributed by atoms with Crippen molar-refractivity contribution >= 4 is 0 Å². The summed E-state index contributed by atoms with van der Waals surface area (Å²) < 4.78 is 0. The molecule has 0 spiro atoms. The Morgan fingerprint density at radius 3 is 2.87 bits per heavy atom. The third-order valence-corrected chi connectivity index (χ3v) is 2.30. The molecule has 0 fully saturated rings. The fourth-order valence-corrected chi connectivity index (χ4v) is 1.39. The van der Waals surface area contributed by atoms with Crippen molar-refractivity contribution in [1.82, 2.24) is 5.32 Å². The summed E-state index contributed by atoms with van der Waals surface area (Å²) in [4.78, 5) is 0. The number of nitrogens with zero attached hydrogens (tertiary/aromatic N) is 1. The van der Waals surface area contributed by atoms with E-state index in [-0.39, 0.29) is 6.61 Å². The fraction of sp³-hybridized carbons (Fsp3) is 0.417. The summed E-state index contributed by atoms with van der Waals surface area (Å²) in [5.41, 5.74) is 3.03. The average molecular weight is 204 g/mol. The van der Waals surface area contributed by atoms with E-state index >= 15 is 0 Å². The van der Waals surface area contributed by atoms with Gasteiger partial charge in [-0.15, -0.1) is 0 Å². The number of nitriles is 1. The van der Waals surface area contributed by atoms with Gasteiger partial charge in [-0.1, -0.05) is 6.07 Å². The van der Waals surface area contributed by atoms with E-state index in [1.807, 2.05) is 25.1 Å². The fourth-order valence-electron chi connectivity index (χ4n) is 1.39. The van der Waals surface area contributed by atoms with Crippen LogP contribution in [0.1, 0.15) is 23.1 Å². The van der Waals surface area contributed by atoms with Gasteiger partial charge in [0.05, 0.1) is 11.6 Å². The summed E-state index contributed by atoms with van der Waals surface area (Å²) >= 11 is 0. The van der Waals surface area contributed by atoms with E-state index in [2.05, 4.69) is 11.4 Å². The maximum atomic E-state index is 8.71. The number of hydrogen-bond donors (Lipinski definition) is 2. The first-order valence-corrected chi connectivity index (χ1v) is 5.09. The lowest BCUT2D eigenvalue weighted by molar-refractivity contribution is 0.286. The van der Waals surface area contributed by atoms with Crippen LogP contribution >= 0.6 is 0 Å². The summed E-state index contributed by atoms with van der Waals surface area (Å²) in [5, 5.41) is 20.6. The molecule has 0 amide bonds. The van der Waals surface area contributed by atoms with E-state index in [1.54, 1.807) is 0 Å². The Labute approximate surface area is 90.4 Å². The molecule has 0 aromatic heterocycles. The third-order valence-electron chi connectivity index (χ3n) is 2.30. The van der Waals surface area contributed by atoms with Gasteiger partial charge < -0.3 is 10.4 Å². The van der Waals surface area contributed by atoms with Crippen molar-refractivity contribution in [3.05, 3.63) is 34.9 Å². The lowest BCUT2D eigenvalue weighted by Crippen LogP contribution is -2.16. The standard InChI is InChI=1S/C12H16N2O/c1-10-7-11(8-13)3-4-12(10)9-14-5-2-6-15/h3-4,7,14-15H,2,5-6,9H2,1H3. The van der Waals surface area contributed by atoms with Gasteiger partial charge in [-0.25, -0.2) is 0 Å². The van der Waals surface area contributed by atoms with Crippen LogP contribution in [0.4, 0.5) is 0 Å². The molecule has 1 rings (SSSR count). The summed E-state index contributed by atoms with van der Waals surface area (Å²) in [6.45, 7) is 3.83. The highest BCUT2D eigenvalue weighted by atomic mass is 16.3. The van der Waals surface area contributed by atoms with Crippen LogP contribution in [0, 0.1) is 18.3 Å². The minimum atomic E-state index is 0.222. The van der Waals surface area contributed by atoms with Crippen molar-refractivity contribution < 1.29 is 5.11 Å². The van der Waals surface area contributed by atoms with Crippen LogP contribution in [0.15, 0.2) is 18.2 Å². The number of rotatable bonds is 5. The van der Waals surface area contributed by atoms with E-state index in [4.69, 9.17) is 10.4 Å². The van der Waals surface area contributed by atoms with Crippen molar-refractivity contribution in [2.75, 3.05) is 13.2 Å². The number of aryl methyl sites for hydroxylation is 1. The van der Waals surface area contributed by atoms with Gasteiger partial charge >= 0.3 is 0 Å². The Kier molecular flexibility index (Phi) is 4.82. The molecule has 3 nitrogen and oxygen atoms in total. The minimum Gasteiger partial charge on any atom is -0.396 e. The highest BCUT2D eigenvalue weighted by molar-refractivity contribution is 5.37. The monoisotopic (exact) mass is 204 g/mol. The normalized spacial score (nSPS) is 9.93. The minimum absolute atomic E-state index is 0.222. The Balaban J connectivity index is 2.52. The lowest BCUT2D eigenvalue weighted by Gasteiger charge is -2.07. The van der Waals surface area contributed by atoms with E-state index in [0.29, 0.717) is 5.56 Å². The summed E-state index contributed by atoms with van der Waals surface area (Å²) in [6, 6.07) is 7.81. The molecule has 3 heteroatoms. The van der Waals surface area contributed by atoms with Crippen LogP contribution in [0.2, 0.25) is 0 Å². The number of nitrogens with one attached hydrogen (secondary N) is 1. The predicted molar refractivity (Wildman–Crippen MR) is 59.3 cm³/mol. The van der Waals surface area contributed by atoms with Crippen LogP contribution in [0.3, 0.4) is 0 Å². The molecular weight excluding hydrogens is 188 g/mol. The molecule has 0 atom stereocenters. The molecule has 15 heavy (non-hydrogen) atoms. The van der Waals surface area contributed by atoms with Crippen molar-refractivity contribution in [2.45, 2.75) is 19.9 Å². The van der Waals surface area contributed by atoms with Crippen molar-refractivity contribution in [3.63, 3.8) is 0 Å². The van der Waals surface area contributed by atoms with Crippen LogP contribution in [0.5, 0.6) is 0 Å². The van der Waals surface area contributed by atoms with Gasteiger partial charge in [0.1, 0.15) is 0 Å². The number of aliphatic hydroxyl groups is 1. The zero-order chi connectivity index (χ0) is 11.1. The van der Waals surface area contributed by atoms with Gasteiger partial charge in [-0.05, 0) is 43.1 Å². The zero-order valence-corrected chi connectivity index (χ0v) is 8.95. The number of hydrogen-bond acceptors (Lipinski definition) is 3. The summed E-state index contributed by atoms with van der Waals surface area (Å²) in [5.74, 6) is 0. The molecule has 0 aliphatic rings. The summed E-state index contributed by atoms with van der Waals surface area (Å²) in [7, 11) is 0. The van der Waals surface area contributed by atoms with Gasteiger partial charge in [-0.2, -0.15) is 5.26 Å². The van der Waals surface area contributed by atoms with Gasteiger partial charge in [0, 0.05) is 13.2 Å². The molecule has 0 saturated heterocycles. The molecule has 0 radical (unpaired) electrons.